The zero-order chi connectivity index (χ0) is 16.3. The predicted molar refractivity (Wildman–Crippen MR) is 88.9 cm³/mol. The summed E-state index contributed by atoms with van der Waals surface area (Å²) in [5, 5.41) is 0.689. The molecule has 0 aliphatic carbocycles. The minimum absolute atomic E-state index is 0.246. The van der Waals surface area contributed by atoms with E-state index in [1.54, 1.807) is 4.90 Å². The zero-order valence-electron chi connectivity index (χ0n) is 13.4. The fourth-order valence-electron chi connectivity index (χ4n) is 2.38. The molecule has 122 valence electrons. The molecule has 22 heavy (non-hydrogen) atoms. The summed E-state index contributed by atoms with van der Waals surface area (Å²) < 4.78 is 5.40. The molecule has 0 unspecified atom stereocenters. The second-order valence-electron chi connectivity index (χ2n) is 6.55. The van der Waals surface area contributed by atoms with Gasteiger partial charge in [0.1, 0.15) is 5.60 Å². The van der Waals surface area contributed by atoms with Gasteiger partial charge in [0.25, 0.3) is 0 Å². The number of piperazine rings is 1. The first kappa shape index (κ1) is 16.9. The summed E-state index contributed by atoms with van der Waals surface area (Å²) in [7, 11) is 0. The van der Waals surface area contributed by atoms with Gasteiger partial charge >= 0.3 is 6.09 Å². The Hall–Kier alpha value is -1.46. The smallest absolute Gasteiger partial charge is 0.410 e. The van der Waals surface area contributed by atoms with E-state index in [-0.39, 0.29) is 6.09 Å². The third kappa shape index (κ3) is 4.52. The Balaban J connectivity index is 1.89. The number of carbonyl (C=O) groups excluding carboxylic acids is 1. The van der Waals surface area contributed by atoms with Crippen LogP contribution in [0.25, 0.3) is 0 Å². The van der Waals surface area contributed by atoms with Crippen LogP contribution in [0.1, 0.15) is 26.3 Å². The summed E-state index contributed by atoms with van der Waals surface area (Å²) in [6.07, 6.45) is -0.246. The summed E-state index contributed by atoms with van der Waals surface area (Å²) >= 11 is 6.21. The molecule has 0 spiro atoms. The number of carbonyl (C=O) groups is 1. The Morgan fingerprint density at radius 2 is 1.91 bits per heavy atom. The molecule has 1 aliphatic heterocycles. The molecule has 1 amide bonds. The van der Waals surface area contributed by atoms with Crippen LogP contribution in [0.5, 0.6) is 0 Å². The van der Waals surface area contributed by atoms with E-state index in [2.05, 4.69) is 4.90 Å². The van der Waals surface area contributed by atoms with Gasteiger partial charge in [-0.3, -0.25) is 4.90 Å². The summed E-state index contributed by atoms with van der Waals surface area (Å²) in [6, 6.07) is 5.56. The summed E-state index contributed by atoms with van der Waals surface area (Å²) in [4.78, 5) is 16.0. The van der Waals surface area contributed by atoms with Crippen molar-refractivity contribution in [1.29, 1.82) is 0 Å². The molecule has 0 atom stereocenters. The maximum atomic E-state index is 12.0. The molecule has 2 rings (SSSR count). The first-order chi connectivity index (χ1) is 10.3. The van der Waals surface area contributed by atoms with E-state index in [0.29, 0.717) is 30.3 Å². The number of anilines is 1. The second kappa shape index (κ2) is 6.75. The number of rotatable bonds is 2. The molecule has 6 heteroatoms. The first-order valence-corrected chi connectivity index (χ1v) is 7.87. The topological polar surface area (TPSA) is 58.8 Å². The minimum Gasteiger partial charge on any atom is -0.444 e. The molecule has 1 heterocycles. The lowest BCUT2D eigenvalue weighted by Crippen LogP contribution is -2.49. The maximum absolute atomic E-state index is 12.0. The largest absolute Gasteiger partial charge is 0.444 e. The van der Waals surface area contributed by atoms with E-state index < -0.39 is 5.60 Å². The molecule has 1 fully saturated rings. The van der Waals surface area contributed by atoms with Crippen molar-refractivity contribution in [1.82, 2.24) is 9.80 Å². The number of amides is 1. The summed E-state index contributed by atoms with van der Waals surface area (Å²) in [5.41, 5.74) is 7.19. The number of nitrogen functional groups attached to an aromatic ring is 1. The highest BCUT2D eigenvalue weighted by atomic mass is 35.5. The van der Waals surface area contributed by atoms with Gasteiger partial charge in [0.2, 0.25) is 0 Å². The van der Waals surface area contributed by atoms with Crippen molar-refractivity contribution in [2.45, 2.75) is 32.9 Å². The highest BCUT2D eigenvalue weighted by molar-refractivity contribution is 6.31. The van der Waals surface area contributed by atoms with Crippen LogP contribution in [0.2, 0.25) is 5.02 Å². The van der Waals surface area contributed by atoms with Gasteiger partial charge in [-0.1, -0.05) is 17.7 Å². The van der Waals surface area contributed by atoms with E-state index in [9.17, 15) is 4.79 Å². The van der Waals surface area contributed by atoms with Crippen molar-refractivity contribution >= 4 is 23.4 Å². The standard InChI is InChI=1S/C16H24ClN3O2/c1-16(2,3)22-15(21)20-9-7-19(8-10-20)11-12-13(17)5-4-6-14(12)18/h4-6H,7-11,18H2,1-3H3. The molecule has 1 aromatic carbocycles. The van der Waals surface area contributed by atoms with Crippen molar-refractivity contribution in [3.05, 3.63) is 28.8 Å². The fourth-order valence-corrected chi connectivity index (χ4v) is 2.62. The Morgan fingerprint density at radius 1 is 1.27 bits per heavy atom. The number of halogens is 1. The van der Waals surface area contributed by atoms with Gasteiger partial charge in [0.05, 0.1) is 0 Å². The number of benzene rings is 1. The molecule has 0 saturated carbocycles. The average molecular weight is 326 g/mol. The molecule has 0 aromatic heterocycles. The molecule has 2 N–H and O–H groups in total. The number of hydrogen-bond donors (Lipinski definition) is 1. The van der Waals surface area contributed by atoms with Gasteiger partial charge < -0.3 is 15.4 Å². The third-order valence-corrected chi connectivity index (χ3v) is 3.91. The van der Waals surface area contributed by atoms with Crippen molar-refractivity contribution in [2.75, 3.05) is 31.9 Å². The summed E-state index contributed by atoms with van der Waals surface area (Å²) in [6.45, 7) is 9.20. The van der Waals surface area contributed by atoms with Crippen LogP contribution in [0, 0.1) is 0 Å². The van der Waals surface area contributed by atoms with Crippen molar-refractivity contribution < 1.29 is 9.53 Å². The van der Waals surface area contributed by atoms with Gasteiger partial charge in [0, 0.05) is 49.0 Å². The fraction of sp³-hybridized carbons (Fsp3) is 0.562. The normalized spacial score (nSPS) is 16.6. The highest BCUT2D eigenvalue weighted by Gasteiger charge is 2.26. The maximum Gasteiger partial charge on any atom is 0.410 e. The molecule has 0 radical (unpaired) electrons. The molecular weight excluding hydrogens is 302 g/mol. The Labute approximate surface area is 137 Å². The number of nitrogens with two attached hydrogens (primary N) is 1. The predicted octanol–water partition coefficient (Wildman–Crippen LogP) is 2.97. The van der Waals surface area contributed by atoms with E-state index in [1.165, 1.54) is 0 Å². The van der Waals surface area contributed by atoms with Gasteiger partial charge in [-0.2, -0.15) is 0 Å². The van der Waals surface area contributed by atoms with Crippen molar-refractivity contribution in [3.8, 4) is 0 Å². The highest BCUT2D eigenvalue weighted by Crippen LogP contribution is 2.24. The Kier molecular flexibility index (Phi) is 5.19. The number of nitrogens with zero attached hydrogens (tertiary/aromatic N) is 2. The van der Waals surface area contributed by atoms with Crippen LogP contribution < -0.4 is 5.73 Å². The van der Waals surface area contributed by atoms with Crippen LogP contribution in [0.3, 0.4) is 0 Å². The average Bonchev–Trinajstić information content (AvgIpc) is 2.42. The van der Waals surface area contributed by atoms with E-state index >= 15 is 0 Å². The van der Waals surface area contributed by atoms with Gasteiger partial charge in [0.15, 0.2) is 0 Å². The molecule has 1 aliphatic rings. The molecular formula is C16H24ClN3O2. The lowest BCUT2D eigenvalue weighted by Gasteiger charge is -2.35. The van der Waals surface area contributed by atoms with Crippen LogP contribution in [0.4, 0.5) is 10.5 Å². The van der Waals surface area contributed by atoms with Crippen LogP contribution in [-0.4, -0.2) is 47.7 Å². The van der Waals surface area contributed by atoms with Crippen molar-refractivity contribution in [2.24, 2.45) is 0 Å². The molecule has 0 bridgehead atoms. The van der Waals surface area contributed by atoms with Crippen LogP contribution in [0.15, 0.2) is 18.2 Å². The van der Waals surface area contributed by atoms with Crippen molar-refractivity contribution in [3.63, 3.8) is 0 Å². The molecule has 5 nitrogen and oxygen atoms in total. The minimum atomic E-state index is -0.458. The molecule has 1 saturated heterocycles. The molecule has 1 aromatic rings. The van der Waals surface area contributed by atoms with E-state index in [4.69, 9.17) is 22.1 Å². The lowest BCUT2D eigenvalue weighted by atomic mass is 10.1. The Morgan fingerprint density at radius 3 is 2.45 bits per heavy atom. The van der Waals surface area contributed by atoms with Gasteiger partial charge in [-0.25, -0.2) is 4.79 Å². The quantitative estimate of drug-likeness (QED) is 0.849. The number of ether oxygens (including phenoxy) is 1. The number of hydrogen-bond acceptors (Lipinski definition) is 4. The van der Waals surface area contributed by atoms with Crippen LogP contribution in [-0.2, 0) is 11.3 Å². The van der Waals surface area contributed by atoms with Crippen LogP contribution >= 0.6 is 11.6 Å². The SMILES string of the molecule is CC(C)(C)OC(=O)N1CCN(Cc2c(N)cccc2Cl)CC1. The second-order valence-corrected chi connectivity index (χ2v) is 6.96. The summed E-state index contributed by atoms with van der Waals surface area (Å²) in [5.74, 6) is 0. The Bertz CT molecular complexity index is 514. The van der Waals surface area contributed by atoms with Gasteiger partial charge in [-0.05, 0) is 32.9 Å². The zero-order valence-corrected chi connectivity index (χ0v) is 14.2. The van der Waals surface area contributed by atoms with E-state index in [1.807, 2.05) is 39.0 Å². The lowest BCUT2D eigenvalue weighted by molar-refractivity contribution is 0.0139. The first-order valence-electron chi connectivity index (χ1n) is 7.49. The third-order valence-electron chi connectivity index (χ3n) is 3.56. The monoisotopic (exact) mass is 325 g/mol. The van der Waals surface area contributed by atoms with E-state index in [0.717, 1.165) is 18.7 Å². The van der Waals surface area contributed by atoms with Gasteiger partial charge in [-0.15, -0.1) is 0 Å².